The van der Waals surface area contributed by atoms with Gasteiger partial charge >= 0.3 is 0 Å². The monoisotopic (exact) mass is 487 g/mol. The number of methoxy groups -OCH3 is 1. The average Bonchev–Trinajstić information content (AvgIpc) is 3.28. The minimum absolute atomic E-state index is 0.228. The molecule has 3 aromatic heterocycles. The lowest BCUT2D eigenvalue weighted by Crippen LogP contribution is -2.12. The van der Waals surface area contributed by atoms with Gasteiger partial charge in [-0.3, -0.25) is 0 Å². The van der Waals surface area contributed by atoms with Crippen molar-refractivity contribution in [3.05, 3.63) is 83.2 Å². The minimum atomic E-state index is -0.228. The van der Waals surface area contributed by atoms with Crippen LogP contribution >= 0.6 is 11.6 Å². The number of hydrogen-bond acceptors (Lipinski definition) is 8. The summed E-state index contributed by atoms with van der Waals surface area (Å²) in [4.78, 5) is 18.1. The predicted molar refractivity (Wildman–Crippen MR) is 136 cm³/mol. The number of imidazole rings is 1. The van der Waals surface area contributed by atoms with E-state index < -0.39 is 0 Å². The number of nitrogens with zero attached hydrogens (tertiary/aromatic N) is 6. The third-order valence-electron chi connectivity index (χ3n) is 5.75. The molecule has 0 saturated heterocycles. The summed E-state index contributed by atoms with van der Waals surface area (Å²) in [6.07, 6.45) is 4.56. The van der Waals surface area contributed by atoms with Gasteiger partial charge in [0.25, 0.3) is 0 Å². The first-order chi connectivity index (χ1) is 17.1. The molecule has 0 aliphatic rings. The number of hydrogen-bond donors (Lipinski definition) is 2. The van der Waals surface area contributed by atoms with E-state index in [1.165, 1.54) is 12.5 Å². The van der Waals surface area contributed by atoms with Gasteiger partial charge in [-0.05, 0) is 42.1 Å². The average molecular weight is 488 g/mol. The van der Waals surface area contributed by atoms with E-state index in [-0.39, 0.29) is 6.04 Å². The molecule has 3 heterocycles. The number of benzene rings is 2. The number of ether oxygens (including phenoxy) is 1. The number of anilines is 1. The highest BCUT2D eigenvalue weighted by molar-refractivity contribution is 6.36. The molecule has 0 saturated carbocycles. The van der Waals surface area contributed by atoms with Gasteiger partial charge in [0, 0.05) is 5.39 Å². The van der Waals surface area contributed by atoms with Gasteiger partial charge in [0.15, 0.2) is 11.5 Å². The van der Waals surface area contributed by atoms with Crippen molar-refractivity contribution in [2.45, 2.75) is 19.5 Å². The number of oxime groups is 1. The lowest BCUT2D eigenvalue weighted by atomic mass is 10.1. The summed E-state index contributed by atoms with van der Waals surface area (Å²) < 4.78 is 7.21. The second-order valence-electron chi connectivity index (χ2n) is 8.00. The second-order valence-corrected chi connectivity index (χ2v) is 8.40. The summed E-state index contributed by atoms with van der Waals surface area (Å²) in [6, 6.07) is 15.2. The minimum Gasteiger partial charge on any atom is -0.497 e. The SMILES string of the molecule is COc1ccc(Cn2cnc3c(N[C@@H](C)c4cc5cccc(Cl)c5c(/C=N\O)n4)ncnc32)cc1. The van der Waals surface area contributed by atoms with Crippen molar-refractivity contribution >= 4 is 45.6 Å². The largest absolute Gasteiger partial charge is 0.497 e. The van der Waals surface area contributed by atoms with Crippen molar-refractivity contribution in [3.63, 3.8) is 0 Å². The highest BCUT2D eigenvalue weighted by Crippen LogP contribution is 2.29. The van der Waals surface area contributed by atoms with E-state index in [0.29, 0.717) is 28.6 Å². The number of aromatic nitrogens is 5. The molecule has 0 amide bonds. The summed E-state index contributed by atoms with van der Waals surface area (Å²) in [7, 11) is 1.65. The lowest BCUT2D eigenvalue weighted by Gasteiger charge is -2.16. The van der Waals surface area contributed by atoms with E-state index in [4.69, 9.17) is 21.5 Å². The number of halogens is 1. The Morgan fingerprint density at radius 2 is 2.00 bits per heavy atom. The molecule has 176 valence electrons. The Bertz CT molecular complexity index is 1530. The molecular weight excluding hydrogens is 466 g/mol. The summed E-state index contributed by atoms with van der Waals surface area (Å²) in [5.74, 6) is 1.41. The van der Waals surface area contributed by atoms with Gasteiger partial charge in [0.05, 0.1) is 48.6 Å². The molecule has 2 aromatic carbocycles. The van der Waals surface area contributed by atoms with Crippen molar-refractivity contribution in [2.24, 2.45) is 5.16 Å². The maximum Gasteiger partial charge on any atom is 0.165 e. The van der Waals surface area contributed by atoms with Crippen LogP contribution in [0.4, 0.5) is 5.82 Å². The van der Waals surface area contributed by atoms with Crippen LogP contribution < -0.4 is 10.1 Å². The molecule has 35 heavy (non-hydrogen) atoms. The molecule has 0 aliphatic heterocycles. The summed E-state index contributed by atoms with van der Waals surface area (Å²) in [5, 5.41) is 17.8. The molecule has 0 unspecified atom stereocenters. The van der Waals surface area contributed by atoms with Gasteiger partial charge < -0.3 is 19.8 Å². The summed E-state index contributed by atoms with van der Waals surface area (Å²) >= 11 is 6.37. The maximum absolute atomic E-state index is 9.12. The molecule has 2 N–H and O–H groups in total. The van der Waals surface area contributed by atoms with Crippen molar-refractivity contribution in [1.82, 2.24) is 24.5 Å². The zero-order valence-corrected chi connectivity index (χ0v) is 19.8. The molecule has 0 radical (unpaired) electrons. The number of pyridine rings is 1. The third-order valence-corrected chi connectivity index (χ3v) is 6.06. The standard InChI is InChI=1S/C25H22ClN7O2/c1-15(20-10-17-4-3-5-19(26)22(17)21(32-20)11-30-34)31-24-23-25(28-13-27-24)33(14-29-23)12-16-6-8-18(35-2)9-7-16/h3-11,13-15,34H,12H2,1-2H3,(H,27,28,31)/b30-11-/t15-/m0/s1. The summed E-state index contributed by atoms with van der Waals surface area (Å²) in [5.41, 5.74) is 3.70. The lowest BCUT2D eigenvalue weighted by molar-refractivity contribution is 0.321. The van der Waals surface area contributed by atoms with E-state index in [2.05, 4.69) is 30.4 Å². The Morgan fingerprint density at radius 3 is 2.77 bits per heavy atom. The van der Waals surface area contributed by atoms with Crippen LogP contribution in [-0.4, -0.2) is 43.0 Å². The quantitative estimate of drug-likeness (QED) is 0.187. The molecule has 0 spiro atoms. The van der Waals surface area contributed by atoms with Crippen LogP contribution in [-0.2, 0) is 6.54 Å². The molecule has 5 rings (SSSR count). The first-order valence-corrected chi connectivity index (χ1v) is 11.3. The third kappa shape index (κ3) is 4.45. The van der Waals surface area contributed by atoms with Crippen LogP contribution in [0.3, 0.4) is 0 Å². The topological polar surface area (TPSA) is 110 Å². The van der Waals surface area contributed by atoms with E-state index in [0.717, 1.165) is 33.4 Å². The zero-order chi connectivity index (χ0) is 24.4. The van der Waals surface area contributed by atoms with Crippen LogP contribution in [0.1, 0.15) is 29.9 Å². The van der Waals surface area contributed by atoms with Crippen LogP contribution in [0, 0.1) is 0 Å². The van der Waals surface area contributed by atoms with Crippen LogP contribution in [0.25, 0.3) is 21.9 Å². The van der Waals surface area contributed by atoms with Crippen molar-refractivity contribution in [2.75, 3.05) is 12.4 Å². The van der Waals surface area contributed by atoms with E-state index in [9.17, 15) is 0 Å². The molecule has 1 atom stereocenters. The van der Waals surface area contributed by atoms with E-state index >= 15 is 0 Å². The normalized spacial score (nSPS) is 12.4. The van der Waals surface area contributed by atoms with Gasteiger partial charge in [0.2, 0.25) is 0 Å². The van der Waals surface area contributed by atoms with Gasteiger partial charge in [0.1, 0.15) is 17.6 Å². The molecule has 0 fully saturated rings. The first kappa shape index (κ1) is 22.5. The van der Waals surface area contributed by atoms with E-state index in [1.807, 2.05) is 54.0 Å². The van der Waals surface area contributed by atoms with Gasteiger partial charge in [-0.25, -0.2) is 19.9 Å². The molecular formula is C25H22ClN7O2. The Kier molecular flexibility index (Phi) is 6.15. The Hall–Kier alpha value is -4.24. The fourth-order valence-corrected chi connectivity index (χ4v) is 4.28. The fraction of sp³-hybridized carbons (Fsp3) is 0.160. The van der Waals surface area contributed by atoms with Crippen molar-refractivity contribution in [1.29, 1.82) is 0 Å². The number of rotatable bonds is 7. The number of nitrogens with one attached hydrogen (secondary N) is 1. The van der Waals surface area contributed by atoms with Crippen LogP contribution in [0.15, 0.2) is 66.3 Å². The highest BCUT2D eigenvalue weighted by Gasteiger charge is 2.16. The maximum atomic E-state index is 9.12. The molecule has 0 aliphatic carbocycles. The van der Waals surface area contributed by atoms with Crippen molar-refractivity contribution in [3.8, 4) is 5.75 Å². The highest BCUT2D eigenvalue weighted by atomic mass is 35.5. The fourth-order valence-electron chi connectivity index (χ4n) is 4.00. The summed E-state index contributed by atoms with van der Waals surface area (Å²) in [6.45, 7) is 2.59. The predicted octanol–water partition coefficient (Wildman–Crippen LogP) is 5.07. The first-order valence-electron chi connectivity index (χ1n) is 10.9. The molecule has 0 bridgehead atoms. The van der Waals surface area contributed by atoms with Crippen LogP contribution in [0.5, 0.6) is 5.75 Å². The van der Waals surface area contributed by atoms with Crippen LogP contribution in [0.2, 0.25) is 5.02 Å². The second kappa shape index (κ2) is 9.55. The zero-order valence-electron chi connectivity index (χ0n) is 19.1. The van der Waals surface area contributed by atoms with Gasteiger partial charge in [-0.2, -0.15) is 0 Å². The van der Waals surface area contributed by atoms with E-state index in [1.54, 1.807) is 19.5 Å². The van der Waals surface area contributed by atoms with Crippen molar-refractivity contribution < 1.29 is 9.94 Å². The van der Waals surface area contributed by atoms with Gasteiger partial charge in [-0.15, -0.1) is 0 Å². The molecule has 10 heteroatoms. The molecule has 9 nitrogen and oxygen atoms in total. The Balaban J connectivity index is 1.45. The van der Waals surface area contributed by atoms with Gasteiger partial charge in [-0.1, -0.05) is 41.0 Å². The Labute approximate surface area is 206 Å². The molecule has 5 aromatic rings. The Morgan fingerprint density at radius 1 is 1.17 bits per heavy atom. The number of fused-ring (bicyclic) bond motifs is 2. The smallest absolute Gasteiger partial charge is 0.165 e.